The first-order chi connectivity index (χ1) is 5.72. The SMILES string of the molecule is CC.CCOC(OCC)C(C)Br. The van der Waals surface area contributed by atoms with Crippen LogP contribution in [0.25, 0.3) is 0 Å². The molecule has 1 atom stereocenters. The summed E-state index contributed by atoms with van der Waals surface area (Å²) in [5.41, 5.74) is 0. The highest BCUT2D eigenvalue weighted by atomic mass is 79.9. The van der Waals surface area contributed by atoms with Crippen LogP contribution < -0.4 is 0 Å². The van der Waals surface area contributed by atoms with Crippen molar-refractivity contribution in [3.05, 3.63) is 0 Å². The Bertz CT molecular complexity index is 70.9. The predicted octanol–water partition coefficient (Wildman–Crippen LogP) is 3.20. The molecule has 0 aromatic rings. The van der Waals surface area contributed by atoms with Crippen molar-refractivity contribution in [2.75, 3.05) is 13.2 Å². The van der Waals surface area contributed by atoms with Crippen LogP contribution in [-0.4, -0.2) is 24.3 Å². The molecule has 2 nitrogen and oxygen atoms in total. The van der Waals surface area contributed by atoms with Gasteiger partial charge in [-0.2, -0.15) is 0 Å². The number of halogens is 1. The lowest BCUT2D eigenvalue weighted by atomic mass is 10.5. The van der Waals surface area contributed by atoms with Gasteiger partial charge in [0.25, 0.3) is 0 Å². The van der Waals surface area contributed by atoms with Gasteiger partial charge in [0.1, 0.15) is 0 Å². The third-order valence-electron chi connectivity index (χ3n) is 1.04. The molecule has 0 radical (unpaired) electrons. The van der Waals surface area contributed by atoms with Gasteiger partial charge < -0.3 is 9.47 Å². The minimum absolute atomic E-state index is 0.102. The van der Waals surface area contributed by atoms with Gasteiger partial charge in [-0.15, -0.1) is 0 Å². The molecule has 0 bridgehead atoms. The van der Waals surface area contributed by atoms with E-state index in [1.165, 1.54) is 0 Å². The van der Waals surface area contributed by atoms with Gasteiger partial charge in [0.05, 0.1) is 4.83 Å². The molecule has 0 N–H and O–H groups in total. The molecule has 0 amide bonds. The summed E-state index contributed by atoms with van der Waals surface area (Å²) in [7, 11) is 0. The first-order valence-electron chi connectivity index (χ1n) is 4.59. The van der Waals surface area contributed by atoms with Crippen LogP contribution in [0.5, 0.6) is 0 Å². The maximum Gasteiger partial charge on any atom is 0.169 e. The highest BCUT2D eigenvalue weighted by Gasteiger charge is 2.13. The molecule has 0 saturated carbocycles. The van der Waals surface area contributed by atoms with Gasteiger partial charge >= 0.3 is 0 Å². The van der Waals surface area contributed by atoms with E-state index in [-0.39, 0.29) is 11.1 Å². The van der Waals surface area contributed by atoms with Crippen molar-refractivity contribution < 1.29 is 9.47 Å². The van der Waals surface area contributed by atoms with E-state index in [1.54, 1.807) is 0 Å². The first kappa shape index (κ1) is 14.9. The minimum atomic E-state index is -0.102. The van der Waals surface area contributed by atoms with E-state index in [0.717, 1.165) is 0 Å². The number of alkyl halides is 1. The van der Waals surface area contributed by atoms with Crippen LogP contribution in [0, 0.1) is 0 Å². The van der Waals surface area contributed by atoms with Crippen LogP contribution in [0.1, 0.15) is 34.6 Å². The molecular weight excluding hydrogens is 220 g/mol. The molecule has 0 aromatic heterocycles. The fourth-order valence-electron chi connectivity index (χ4n) is 0.642. The molecule has 0 rings (SSSR count). The summed E-state index contributed by atoms with van der Waals surface area (Å²) in [6.45, 7) is 11.3. The summed E-state index contributed by atoms with van der Waals surface area (Å²) < 4.78 is 10.5. The van der Waals surface area contributed by atoms with Crippen molar-refractivity contribution in [2.24, 2.45) is 0 Å². The lowest BCUT2D eigenvalue weighted by molar-refractivity contribution is -0.132. The normalized spacial score (nSPS) is 12.2. The van der Waals surface area contributed by atoms with Crippen molar-refractivity contribution in [2.45, 2.75) is 45.7 Å². The zero-order valence-electron chi connectivity index (χ0n) is 8.76. The smallest absolute Gasteiger partial charge is 0.169 e. The molecule has 0 aliphatic heterocycles. The van der Waals surface area contributed by atoms with Crippen molar-refractivity contribution in [1.82, 2.24) is 0 Å². The third-order valence-corrected chi connectivity index (χ3v) is 1.47. The van der Waals surface area contributed by atoms with Gasteiger partial charge in [0.2, 0.25) is 0 Å². The molecule has 0 aliphatic rings. The van der Waals surface area contributed by atoms with Gasteiger partial charge in [-0.1, -0.05) is 29.8 Å². The van der Waals surface area contributed by atoms with E-state index in [9.17, 15) is 0 Å². The molecule has 1 unspecified atom stereocenters. The second-order valence-electron chi connectivity index (χ2n) is 1.96. The second-order valence-corrected chi connectivity index (χ2v) is 3.40. The fraction of sp³-hybridized carbons (Fsp3) is 1.00. The number of hydrogen-bond donors (Lipinski definition) is 0. The molecule has 12 heavy (non-hydrogen) atoms. The van der Waals surface area contributed by atoms with E-state index in [4.69, 9.17) is 9.47 Å². The molecule has 0 saturated heterocycles. The molecule has 0 aromatic carbocycles. The van der Waals surface area contributed by atoms with Crippen LogP contribution in [-0.2, 0) is 9.47 Å². The molecule has 3 heteroatoms. The molecular formula is C9H21BrO2. The second kappa shape index (κ2) is 11.4. The van der Waals surface area contributed by atoms with Crippen LogP contribution in [0.2, 0.25) is 0 Å². The molecule has 0 fully saturated rings. The van der Waals surface area contributed by atoms with Crippen molar-refractivity contribution >= 4 is 15.9 Å². The highest BCUT2D eigenvalue weighted by Crippen LogP contribution is 2.09. The summed E-state index contributed by atoms with van der Waals surface area (Å²) in [5.74, 6) is 0. The van der Waals surface area contributed by atoms with Gasteiger partial charge in [-0.3, -0.25) is 0 Å². The van der Waals surface area contributed by atoms with Crippen molar-refractivity contribution in [1.29, 1.82) is 0 Å². The Morgan fingerprint density at radius 3 is 1.58 bits per heavy atom. The quantitative estimate of drug-likeness (QED) is 0.543. The lowest BCUT2D eigenvalue weighted by Gasteiger charge is -2.18. The monoisotopic (exact) mass is 240 g/mol. The molecule has 0 heterocycles. The van der Waals surface area contributed by atoms with E-state index >= 15 is 0 Å². The van der Waals surface area contributed by atoms with Gasteiger partial charge in [-0.05, 0) is 20.8 Å². The minimum Gasteiger partial charge on any atom is -0.352 e. The Hall–Kier alpha value is 0.400. The largest absolute Gasteiger partial charge is 0.352 e. The Balaban J connectivity index is 0. The van der Waals surface area contributed by atoms with E-state index in [2.05, 4.69) is 15.9 Å². The van der Waals surface area contributed by atoms with Gasteiger partial charge in [0, 0.05) is 13.2 Å². The molecule has 0 aliphatic carbocycles. The van der Waals surface area contributed by atoms with Crippen LogP contribution in [0.4, 0.5) is 0 Å². The highest BCUT2D eigenvalue weighted by molar-refractivity contribution is 9.09. The van der Waals surface area contributed by atoms with Crippen molar-refractivity contribution in [3.8, 4) is 0 Å². The standard InChI is InChI=1S/C7H15BrO2.C2H6/c1-4-9-7(6(3)8)10-5-2;1-2/h6-7H,4-5H2,1-3H3;1-2H3. The lowest BCUT2D eigenvalue weighted by Crippen LogP contribution is -2.25. The van der Waals surface area contributed by atoms with E-state index in [0.29, 0.717) is 13.2 Å². The van der Waals surface area contributed by atoms with Crippen molar-refractivity contribution in [3.63, 3.8) is 0 Å². The van der Waals surface area contributed by atoms with Crippen LogP contribution in [0.15, 0.2) is 0 Å². The summed E-state index contributed by atoms with van der Waals surface area (Å²) >= 11 is 3.39. The number of hydrogen-bond acceptors (Lipinski definition) is 2. The van der Waals surface area contributed by atoms with E-state index in [1.807, 2.05) is 34.6 Å². The molecule has 0 spiro atoms. The Labute approximate surface area is 84.8 Å². The van der Waals surface area contributed by atoms with Gasteiger partial charge in [-0.25, -0.2) is 0 Å². The number of ether oxygens (including phenoxy) is 2. The summed E-state index contributed by atoms with van der Waals surface area (Å²) in [6, 6.07) is 0. The topological polar surface area (TPSA) is 18.5 Å². The summed E-state index contributed by atoms with van der Waals surface area (Å²) in [5, 5.41) is 0. The molecule has 76 valence electrons. The van der Waals surface area contributed by atoms with Crippen LogP contribution >= 0.6 is 15.9 Å². The Morgan fingerprint density at radius 2 is 1.42 bits per heavy atom. The maximum atomic E-state index is 5.27. The van der Waals surface area contributed by atoms with Gasteiger partial charge in [0.15, 0.2) is 6.29 Å². The zero-order valence-corrected chi connectivity index (χ0v) is 10.3. The Morgan fingerprint density at radius 1 is 1.08 bits per heavy atom. The fourth-order valence-corrected chi connectivity index (χ4v) is 0.947. The average Bonchev–Trinajstić information content (AvgIpc) is 2.08. The Kier molecular flexibility index (Phi) is 14.2. The summed E-state index contributed by atoms with van der Waals surface area (Å²) in [6.07, 6.45) is -0.102. The summed E-state index contributed by atoms with van der Waals surface area (Å²) in [4.78, 5) is 0.257. The number of rotatable bonds is 5. The van der Waals surface area contributed by atoms with E-state index < -0.39 is 0 Å². The average molecular weight is 241 g/mol. The zero-order chi connectivity index (χ0) is 9.98. The third kappa shape index (κ3) is 8.50. The predicted molar refractivity (Wildman–Crippen MR) is 56.8 cm³/mol. The maximum absolute atomic E-state index is 5.27. The van der Waals surface area contributed by atoms with Crippen LogP contribution in [0.3, 0.4) is 0 Å². The first-order valence-corrected chi connectivity index (χ1v) is 5.51.